The van der Waals surface area contributed by atoms with Crippen molar-refractivity contribution in [2.45, 2.75) is 76.7 Å². The molecule has 2 atom stereocenters. The summed E-state index contributed by atoms with van der Waals surface area (Å²) in [6.45, 7) is 9.99. The highest BCUT2D eigenvalue weighted by Gasteiger charge is 2.37. The summed E-state index contributed by atoms with van der Waals surface area (Å²) in [5, 5.41) is 3.85. The summed E-state index contributed by atoms with van der Waals surface area (Å²) in [7, 11) is 1.55. The van der Waals surface area contributed by atoms with Gasteiger partial charge in [0.1, 0.15) is 18.0 Å². The first-order valence-electron chi connectivity index (χ1n) is 19.7. The first kappa shape index (κ1) is 38.4. The molecular weight excluding hydrogens is 700 g/mol. The zero-order valence-electron chi connectivity index (χ0n) is 32.2. The zero-order chi connectivity index (χ0) is 38.5. The number of para-hydroxylation sites is 1. The molecule has 0 bridgehead atoms. The number of nitrogens with zero attached hydrogens (tertiary/aromatic N) is 6. The number of hydrogen-bond acceptors (Lipinski definition) is 9. The summed E-state index contributed by atoms with van der Waals surface area (Å²) in [5.41, 5.74) is 5.68. The Hall–Kier alpha value is -4.88. The third kappa shape index (κ3) is 8.68. The highest BCUT2D eigenvalue weighted by molar-refractivity contribution is 6.01. The number of rotatable bonds is 16. The number of halogens is 1. The first-order chi connectivity index (χ1) is 26.6. The van der Waals surface area contributed by atoms with Crippen LogP contribution in [0.2, 0.25) is 0 Å². The van der Waals surface area contributed by atoms with E-state index in [1.165, 1.54) is 10.9 Å². The highest BCUT2D eigenvalue weighted by atomic mass is 19.1. The van der Waals surface area contributed by atoms with Crippen LogP contribution in [0.1, 0.15) is 84.7 Å². The van der Waals surface area contributed by atoms with Crippen LogP contribution in [0.3, 0.4) is 0 Å². The summed E-state index contributed by atoms with van der Waals surface area (Å²) in [6, 6.07) is 13.8. The second kappa shape index (κ2) is 16.9. The number of unbranched alkanes of at least 4 members (excludes halogenated alkanes) is 2. The van der Waals surface area contributed by atoms with Crippen molar-refractivity contribution in [3.05, 3.63) is 82.8 Å². The molecule has 5 heterocycles. The van der Waals surface area contributed by atoms with Gasteiger partial charge in [0.2, 0.25) is 5.91 Å². The molecule has 2 aromatic carbocycles. The largest absolute Gasteiger partial charge is 0.463 e. The molecule has 0 saturated carbocycles. The Kier molecular flexibility index (Phi) is 11.8. The molecule has 0 aliphatic carbocycles. The fourth-order valence-corrected chi connectivity index (χ4v) is 8.47. The van der Waals surface area contributed by atoms with Gasteiger partial charge in [-0.2, -0.15) is 0 Å². The maximum Gasteiger partial charge on any atom is 0.316 e. The van der Waals surface area contributed by atoms with E-state index in [0.717, 1.165) is 99.3 Å². The molecule has 1 fully saturated rings. The van der Waals surface area contributed by atoms with Crippen molar-refractivity contribution in [2.75, 3.05) is 64.4 Å². The molecule has 0 radical (unpaired) electrons. The standard InChI is InChI=1S/C42H53FN8O4/c1-42(2,43)28-50-17-15-34-33-10-5-6-11-35(33)47-37(34)38(50)30-25-45-41(46-26-30)55-23-8-4-7-16-48-18-20-49(21-19-48)31-13-14-32-29(24-31)27-51(40(32)54)36(12-9-22-52)39(53)44-3/h5-6,10-11,13-14,22,24-26,36,38,47H,4,7-9,12,15-21,23,27-28H2,1-3H3,(H,44,53). The molecule has 0 spiro atoms. The average molecular weight is 753 g/mol. The van der Waals surface area contributed by atoms with E-state index < -0.39 is 11.7 Å². The number of aromatic nitrogens is 3. The number of benzene rings is 2. The molecule has 2 unspecified atom stereocenters. The molecule has 292 valence electrons. The number of H-pyrrole nitrogens is 1. The van der Waals surface area contributed by atoms with Crippen molar-refractivity contribution in [3.63, 3.8) is 0 Å². The smallest absolute Gasteiger partial charge is 0.316 e. The lowest BCUT2D eigenvalue weighted by Gasteiger charge is -2.38. The number of fused-ring (bicyclic) bond motifs is 4. The van der Waals surface area contributed by atoms with E-state index in [9.17, 15) is 18.8 Å². The third-order valence-corrected chi connectivity index (χ3v) is 11.2. The van der Waals surface area contributed by atoms with Crippen molar-refractivity contribution >= 4 is 34.7 Å². The SMILES string of the molecule is CNC(=O)C(CCC=O)N1Cc2cc(N3CCN(CCCCCOc4ncc(C5c6[nH]c7ccccc7c6CCN5CC(C)(C)F)cn4)CC3)ccc2C1=O. The van der Waals surface area contributed by atoms with E-state index >= 15 is 0 Å². The number of piperazine rings is 1. The summed E-state index contributed by atoms with van der Waals surface area (Å²) in [5.74, 6) is -0.409. The number of aldehydes is 1. The minimum absolute atomic E-state index is 0.159. The zero-order valence-corrected chi connectivity index (χ0v) is 32.2. The average Bonchev–Trinajstić information content (AvgIpc) is 3.73. The maximum absolute atomic E-state index is 14.9. The van der Waals surface area contributed by atoms with E-state index in [1.807, 2.05) is 30.6 Å². The van der Waals surface area contributed by atoms with Gasteiger partial charge in [-0.3, -0.25) is 19.4 Å². The number of amides is 2. The van der Waals surface area contributed by atoms with E-state index in [-0.39, 0.29) is 24.3 Å². The second-order valence-electron chi connectivity index (χ2n) is 15.6. The lowest BCUT2D eigenvalue weighted by atomic mass is 9.92. The summed E-state index contributed by atoms with van der Waals surface area (Å²) in [4.78, 5) is 58.1. The van der Waals surface area contributed by atoms with E-state index in [2.05, 4.69) is 59.2 Å². The minimum atomic E-state index is -1.34. The Labute approximate surface area is 322 Å². The van der Waals surface area contributed by atoms with Gasteiger partial charge in [-0.25, -0.2) is 14.4 Å². The molecular formula is C42H53FN8O4. The van der Waals surface area contributed by atoms with E-state index in [4.69, 9.17) is 4.74 Å². The molecule has 7 rings (SSSR count). The van der Waals surface area contributed by atoms with Gasteiger partial charge in [0.05, 0.1) is 12.6 Å². The van der Waals surface area contributed by atoms with Gasteiger partial charge in [-0.15, -0.1) is 0 Å². The summed E-state index contributed by atoms with van der Waals surface area (Å²) < 4.78 is 20.9. The maximum atomic E-state index is 14.9. The van der Waals surface area contributed by atoms with Crippen LogP contribution in [-0.2, 0) is 22.6 Å². The first-order valence-corrected chi connectivity index (χ1v) is 19.7. The van der Waals surface area contributed by atoms with Crippen LogP contribution in [0.4, 0.5) is 10.1 Å². The molecule has 3 aliphatic heterocycles. The monoisotopic (exact) mass is 752 g/mol. The second-order valence-corrected chi connectivity index (χ2v) is 15.6. The normalized spacial score (nSPS) is 18.3. The van der Waals surface area contributed by atoms with Gasteiger partial charge in [0, 0.05) is 105 Å². The van der Waals surface area contributed by atoms with Gasteiger partial charge < -0.3 is 29.6 Å². The summed E-state index contributed by atoms with van der Waals surface area (Å²) in [6.07, 6.45) is 8.85. The highest BCUT2D eigenvalue weighted by Crippen LogP contribution is 2.39. The molecule has 13 heteroatoms. The van der Waals surface area contributed by atoms with Crippen molar-refractivity contribution < 1.29 is 23.5 Å². The molecule has 12 nitrogen and oxygen atoms in total. The number of nitrogens with one attached hydrogen (secondary N) is 2. The number of hydrogen-bond donors (Lipinski definition) is 2. The predicted molar refractivity (Wildman–Crippen MR) is 210 cm³/mol. The number of anilines is 1. The number of ether oxygens (including phenoxy) is 1. The Morgan fingerprint density at radius 3 is 2.60 bits per heavy atom. The van der Waals surface area contributed by atoms with E-state index in [0.29, 0.717) is 37.7 Å². The van der Waals surface area contributed by atoms with Crippen LogP contribution in [0, 0.1) is 0 Å². The van der Waals surface area contributed by atoms with Crippen molar-refractivity contribution in [1.29, 1.82) is 0 Å². The number of likely N-dealkylation sites (N-methyl/N-ethyl adjacent to an activating group) is 1. The lowest BCUT2D eigenvalue weighted by molar-refractivity contribution is -0.125. The topological polar surface area (TPSA) is 127 Å². The molecule has 1 saturated heterocycles. The Bertz CT molecular complexity index is 1970. The molecule has 4 aromatic rings. The number of alkyl halides is 1. The molecule has 2 aromatic heterocycles. The molecule has 3 aliphatic rings. The van der Waals surface area contributed by atoms with Gasteiger partial charge in [-0.05, 0) is 87.9 Å². The van der Waals surface area contributed by atoms with Crippen LogP contribution >= 0.6 is 0 Å². The number of aromatic amines is 1. The van der Waals surface area contributed by atoms with Crippen LogP contribution in [0.15, 0.2) is 54.9 Å². The quantitative estimate of drug-likeness (QED) is 0.119. The molecule has 55 heavy (non-hydrogen) atoms. The van der Waals surface area contributed by atoms with Gasteiger partial charge in [0.25, 0.3) is 5.91 Å². The fraction of sp³-hybridized carbons (Fsp3) is 0.500. The van der Waals surface area contributed by atoms with E-state index in [1.54, 1.807) is 25.8 Å². The van der Waals surface area contributed by atoms with Crippen LogP contribution in [-0.4, -0.2) is 119 Å². The molecule has 2 amide bonds. The Morgan fingerprint density at radius 1 is 1.07 bits per heavy atom. The molecule has 2 N–H and O–H groups in total. The van der Waals surface area contributed by atoms with Crippen LogP contribution in [0.25, 0.3) is 10.9 Å². The number of carbonyl (C=O) groups is 3. The van der Waals surface area contributed by atoms with Gasteiger partial charge in [0.15, 0.2) is 0 Å². The van der Waals surface area contributed by atoms with Crippen molar-refractivity contribution in [2.24, 2.45) is 0 Å². The van der Waals surface area contributed by atoms with Crippen molar-refractivity contribution in [1.82, 2.24) is 35.0 Å². The summed E-state index contributed by atoms with van der Waals surface area (Å²) >= 11 is 0. The lowest BCUT2D eigenvalue weighted by Crippen LogP contribution is -2.46. The van der Waals surface area contributed by atoms with Crippen LogP contribution < -0.4 is 15.0 Å². The number of carbonyl (C=O) groups excluding carboxylic acids is 3. The Morgan fingerprint density at radius 2 is 1.85 bits per heavy atom. The van der Waals surface area contributed by atoms with Gasteiger partial charge >= 0.3 is 6.01 Å². The van der Waals surface area contributed by atoms with Crippen LogP contribution in [0.5, 0.6) is 6.01 Å². The van der Waals surface area contributed by atoms with Gasteiger partial charge in [-0.1, -0.05) is 18.2 Å². The fourth-order valence-electron chi connectivity index (χ4n) is 8.47. The Balaban J connectivity index is 0.850. The van der Waals surface area contributed by atoms with Crippen molar-refractivity contribution in [3.8, 4) is 6.01 Å². The minimum Gasteiger partial charge on any atom is -0.463 e. The predicted octanol–water partition coefficient (Wildman–Crippen LogP) is 5.07. The third-order valence-electron chi connectivity index (χ3n) is 11.2.